The van der Waals surface area contributed by atoms with E-state index in [4.69, 9.17) is 13.9 Å². The molecule has 2 aromatic heterocycles. The Morgan fingerprint density at radius 1 is 1.22 bits per heavy atom. The molecule has 0 saturated carbocycles. The molecule has 7 nitrogen and oxygen atoms in total. The number of ether oxygens (including phenoxy) is 2. The third kappa shape index (κ3) is 2.48. The molecule has 118 valence electrons. The lowest BCUT2D eigenvalue weighted by Gasteiger charge is -2.06. The number of fused-ring (bicyclic) bond motifs is 1. The van der Waals surface area contributed by atoms with E-state index in [0.717, 1.165) is 21.5 Å². The molecule has 3 heterocycles. The van der Waals surface area contributed by atoms with Crippen LogP contribution in [-0.2, 0) is 0 Å². The minimum atomic E-state index is -0.157. The number of hydrogen-bond donors (Lipinski definition) is 0. The molecule has 0 bridgehead atoms. The number of aromatic nitrogens is 4. The van der Waals surface area contributed by atoms with Gasteiger partial charge in [-0.15, -0.1) is 10.2 Å². The van der Waals surface area contributed by atoms with Gasteiger partial charge in [0.25, 0.3) is 0 Å². The zero-order valence-corrected chi connectivity index (χ0v) is 14.1. The van der Waals surface area contributed by atoms with Gasteiger partial charge in [0.15, 0.2) is 11.5 Å². The average molecular weight is 377 g/mol. The van der Waals surface area contributed by atoms with Gasteiger partial charge in [0.2, 0.25) is 18.6 Å². The normalized spacial score (nSPS) is 14.2. The molecule has 1 unspecified atom stereocenters. The summed E-state index contributed by atoms with van der Waals surface area (Å²) in [6, 6.07) is 5.37. The molecule has 0 saturated heterocycles. The van der Waals surface area contributed by atoms with E-state index in [2.05, 4.69) is 31.2 Å². The Kier molecular flexibility index (Phi) is 3.33. The van der Waals surface area contributed by atoms with E-state index in [1.165, 1.54) is 0 Å². The fraction of sp³-hybridized carbons (Fsp3) is 0.267. The lowest BCUT2D eigenvalue weighted by Crippen LogP contribution is -2.07. The minimum absolute atomic E-state index is 0.157. The van der Waals surface area contributed by atoms with Crippen LogP contribution in [0.5, 0.6) is 11.5 Å². The van der Waals surface area contributed by atoms with Gasteiger partial charge in [-0.3, -0.25) is 4.68 Å². The summed E-state index contributed by atoms with van der Waals surface area (Å²) in [5.74, 6) is 2.33. The molecule has 23 heavy (non-hydrogen) atoms. The van der Waals surface area contributed by atoms with Crippen molar-refractivity contribution in [3.8, 4) is 23.0 Å². The van der Waals surface area contributed by atoms with Crippen LogP contribution in [0.25, 0.3) is 11.5 Å². The molecule has 1 aliphatic heterocycles. The van der Waals surface area contributed by atoms with Crippen molar-refractivity contribution in [2.75, 3.05) is 6.79 Å². The second kappa shape index (κ2) is 5.38. The van der Waals surface area contributed by atoms with Gasteiger partial charge in [-0.05, 0) is 48.0 Å². The Bertz CT molecular complexity index is 854. The van der Waals surface area contributed by atoms with E-state index in [1.54, 1.807) is 4.68 Å². The standard InChI is InChI=1S/C15H13BrN4O3/c1-8-11(16)6-20(19-8)9(2)14-17-18-15(23-14)10-3-4-12-13(5-10)22-7-21-12/h3-6,9H,7H2,1-2H3. The van der Waals surface area contributed by atoms with Crippen molar-refractivity contribution in [2.24, 2.45) is 0 Å². The monoisotopic (exact) mass is 376 g/mol. The van der Waals surface area contributed by atoms with Gasteiger partial charge in [-0.2, -0.15) is 5.10 Å². The molecule has 1 aliphatic rings. The van der Waals surface area contributed by atoms with Gasteiger partial charge in [0, 0.05) is 11.8 Å². The zero-order chi connectivity index (χ0) is 16.0. The molecule has 0 aliphatic carbocycles. The molecule has 1 aromatic carbocycles. The number of hydrogen-bond acceptors (Lipinski definition) is 6. The van der Waals surface area contributed by atoms with Crippen molar-refractivity contribution >= 4 is 15.9 Å². The quantitative estimate of drug-likeness (QED) is 0.697. The van der Waals surface area contributed by atoms with Crippen LogP contribution in [0.3, 0.4) is 0 Å². The number of rotatable bonds is 3. The highest BCUT2D eigenvalue weighted by Gasteiger charge is 2.20. The van der Waals surface area contributed by atoms with E-state index in [-0.39, 0.29) is 12.8 Å². The lowest BCUT2D eigenvalue weighted by atomic mass is 10.2. The predicted molar refractivity (Wildman–Crippen MR) is 84.3 cm³/mol. The summed E-state index contributed by atoms with van der Waals surface area (Å²) < 4.78 is 19.2. The molecule has 0 spiro atoms. The van der Waals surface area contributed by atoms with E-state index < -0.39 is 0 Å². The predicted octanol–water partition coefficient (Wildman–Crippen LogP) is 3.34. The summed E-state index contributed by atoms with van der Waals surface area (Å²) in [7, 11) is 0. The van der Waals surface area contributed by atoms with Gasteiger partial charge < -0.3 is 13.9 Å². The van der Waals surface area contributed by atoms with Crippen LogP contribution in [0.2, 0.25) is 0 Å². The third-order valence-electron chi connectivity index (χ3n) is 3.67. The van der Waals surface area contributed by atoms with Crippen molar-refractivity contribution in [3.05, 3.63) is 40.5 Å². The molecular formula is C15H13BrN4O3. The van der Waals surface area contributed by atoms with Crippen LogP contribution in [0, 0.1) is 6.92 Å². The second-order valence-electron chi connectivity index (χ2n) is 5.23. The van der Waals surface area contributed by atoms with Crippen molar-refractivity contribution in [3.63, 3.8) is 0 Å². The number of nitrogens with zero attached hydrogens (tertiary/aromatic N) is 4. The van der Waals surface area contributed by atoms with Crippen molar-refractivity contribution < 1.29 is 13.9 Å². The van der Waals surface area contributed by atoms with Crippen molar-refractivity contribution in [1.82, 2.24) is 20.0 Å². The fourth-order valence-electron chi connectivity index (χ4n) is 2.32. The first kappa shape index (κ1) is 14.3. The highest BCUT2D eigenvalue weighted by atomic mass is 79.9. The molecule has 3 aromatic rings. The average Bonchev–Trinajstić information content (AvgIpc) is 3.26. The summed E-state index contributed by atoms with van der Waals surface area (Å²) in [6.07, 6.45) is 1.89. The highest BCUT2D eigenvalue weighted by Crippen LogP contribution is 2.35. The lowest BCUT2D eigenvalue weighted by molar-refractivity contribution is 0.174. The Morgan fingerprint density at radius 2 is 2.04 bits per heavy atom. The molecule has 4 rings (SSSR count). The minimum Gasteiger partial charge on any atom is -0.454 e. The summed E-state index contributed by atoms with van der Waals surface area (Å²) in [5.41, 5.74) is 1.70. The highest BCUT2D eigenvalue weighted by molar-refractivity contribution is 9.10. The topological polar surface area (TPSA) is 75.2 Å². The second-order valence-corrected chi connectivity index (χ2v) is 6.09. The Hall–Kier alpha value is -2.35. The van der Waals surface area contributed by atoms with E-state index in [0.29, 0.717) is 17.5 Å². The SMILES string of the molecule is Cc1nn(C(C)c2nnc(-c3ccc4c(c3)OCO4)o2)cc1Br. The zero-order valence-electron chi connectivity index (χ0n) is 12.5. The van der Waals surface area contributed by atoms with Gasteiger partial charge >= 0.3 is 0 Å². The number of aryl methyl sites for hydroxylation is 1. The van der Waals surface area contributed by atoms with Gasteiger partial charge in [-0.25, -0.2) is 0 Å². The molecule has 0 fully saturated rings. The molecule has 0 amide bonds. The maximum atomic E-state index is 5.80. The van der Waals surface area contributed by atoms with Crippen molar-refractivity contribution in [2.45, 2.75) is 19.9 Å². The maximum absolute atomic E-state index is 5.80. The molecule has 0 radical (unpaired) electrons. The number of halogens is 1. The van der Waals surface area contributed by atoms with Gasteiger partial charge in [0.05, 0.1) is 10.2 Å². The van der Waals surface area contributed by atoms with Crippen LogP contribution in [0.15, 0.2) is 33.3 Å². The van der Waals surface area contributed by atoms with Gasteiger partial charge in [-0.1, -0.05) is 0 Å². The number of benzene rings is 1. The van der Waals surface area contributed by atoms with Crippen LogP contribution >= 0.6 is 15.9 Å². The molecule has 1 atom stereocenters. The molecule has 8 heteroatoms. The van der Waals surface area contributed by atoms with Crippen LogP contribution in [0.1, 0.15) is 24.6 Å². The third-order valence-corrected chi connectivity index (χ3v) is 4.45. The summed E-state index contributed by atoms with van der Waals surface area (Å²) in [4.78, 5) is 0. The first-order valence-corrected chi connectivity index (χ1v) is 7.86. The van der Waals surface area contributed by atoms with Crippen LogP contribution < -0.4 is 9.47 Å². The first-order valence-electron chi connectivity index (χ1n) is 7.06. The van der Waals surface area contributed by atoms with Crippen LogP contribution in [-0.4, -0.2) is 26.8 Å². The summed E-state index contributed by atoms with van der Waals surface area (Å²) in [5, 5.41) is 12.7. The van der Waals surface area contributed by atoms with Crippen LogP contribution in [0.4, 0.5) is 0 Å². The summed E-state index contributed by atoms with van der Waals surface area (Å²) >= 11 is 3.45. The van der Waals surface area contributed by atoms with E-state index in [9.17, 15) is 0 Å². The Morgan fingerprint density at radius 3 is 2.83 bits per heavy atom. The smallest absolute Gasteiger partial charge is 0.248 e. The van der Waals surface area contributed by atoms with Crippen molar-refractivity contribution in [1.29, 1.82) is 0 Å². The molecule has 0 N–H and O–H groups in total. The molecular weight excluding hydrogens is 364 g/mol. The van der Waals surface area contributed by atoms with E-state index >= 15 is 0 Å². The van der Waals surface area contributed by atoms with Gasteiger partial charge in [0.1, 0.15) is 6.04 Å². The Balaban J connectivity index is 1.63. The maximum Gasteiger partial charge on any atom is 0.248 e. The largest absolute Gasteiger partial charge is 0.454 e. The van der Waals surface area contributed by atoms with E-state index in [1.807, 2.05) is 38.2 Å². The summed E-state index contributed by atoms with van der Waals surface area (Å²) in [6.45, 7) is 4.12. The Labute approximate surface area is 140 Å². The fourth-order valence-corrected chi connectivity index (χ4v) is 2.61. The first-order chi connectivity index (χ1) is 11.1.